The molecule has 192 valence electrons. The fourth-order valence-corrected chi connectivity index (χ4v) is 4.25. The summed E-state index contributed by atoms with van der Waals surface area (Å²) in [6.07, 6.45) is 6.68. The average Bonchev–Trinajstić information content (AvgIpc) is 3.35. The SMILES string of the molecule is COC(C)(C)CNC(=O)C(c1cccnc1)N(C(=O)C1CCCN1C#N)c1ccc(C(C)(C)C)cc1. The molecular weight excluding hydrogens is 454 g/mol. The largest absolute Gasteiger partial charge is 0.377 e. The maximum atomic E-state index is 14.1. The highest BCUT2D eigenvalue weighted by molar-refractivity contribution is 6.04. The summed E-state index contributed by atoms with van der Waals surface area (Å²) in [7, 11) is 1.59. The number of benzene rings is 1. The number of rotatable bonds is 8. The Balaban J connectivity index is 2.10. The van der Waals surface area contributed by atoms with Crippen LogP contribution < -0.4 is 10.2 Å². The Morgan fingerprint density at radius 2 is 1.92 bits per heavy atom. The molecule has 1 fully saturated rings. The molecule has 2 atom stereocenters. The molecule has 0 aliphatic carbocycles. The van der Waals surface area contributed by atoms with Crippen molar-refractivity contribution in [3.8, 4) is 6.19 Å². The molecule has 3 rings (SSSR count). The van der Waals surface area contributed by atoms with Gasteiger partial charge in [-0.2, -0.15) is 5.26 Å². The molecule has 2 unspecified atom stereocenters. The summed E-state index contributed by atoms with van der Waals surface area (Å²) < 4.78 is 5.47. The van der Waals surface area contributed by atoms with Crippen LogP contribution in [-0.4, -0.2) is 53.5 Å². The Hall–Kier alpha value is -3.44. The quantitative estimate of drug-likeness (QED) is 0.562. The van der Waals surface area contributed by atoms with E-state index >= 15 is 0 Å². The third-order valence-corrected chi connectivity index (χ3v) is 6.66. The van der Waals surface area contributed by atoms with Crippen molar-refractivity contribution >= 4 is 17.5 Å². The molecule has 0 saturated carbocycles. The predicted molar refractivity (Wildman–Crippen MR) is 139 cm³/mol. The van der Waals surface area contributed by atoms with Gasteiger partial charge in [0.15, 0.2) is 6.19 Å². The number of aromatic nitrogens is 1. The first kappa shape index (κ1) is 27.2. The molecule has 0 radical (unpaired) electrons. The van der Waals surface area contributed by atoms with Gasteiger partial charge in [-0.05, 0) is 55.9 Å². The Bertz CT molecular complexity index is 1090. The number of hydrogen-bond donors (Lipinski definition) is 1. The van der Waals surface area contributed by atoms with Gasteiger partial charge in [0.25, 0.3) is 5.91 Å². The summed E-state index contributed by atoms with van der Waals surface area (Å²) in [6, 6.07) is 9.66. The summed E-state index contributed by atoms with van der Waals surface area (Å²) in [5.74, 6) is -0.629. The molecule has 1 saturated heterocycles. The van der Waals surface area contributed by atoms with Crippen LogP contribution >= 0.6 is 0 Å². The van der Waals surface area contributed by atoms with E-state index in [1.165, 1.54) is 9.80 Å². The second-order valence-corrected chi connectivity index (χ2v) is 10.8. The lowest BCUT2D eigenvalue weighted by Crippen LogP contribution is -2.51. The number of pyridine rings is 1. The summed E-state index contributed by atoms with van der Waals surface area (Å²) in [5, 5.41) is 12.6. The molecule has 1 aliphatic rings. The summed E-state index contributed by atoms with van der Waals surface area (Å²) in [6.45, 7) is 10.9. The molecule has 1 aromatic carbocycles. The van der Waals surface area contributed by atoms with Gasteiger partial charge in [-0.3, -0.25) is 24.4 Å². The number of hydrogen-bond acceptors (Lipinski definition) is 6. The standard InChI is InChI=1S/C28H37N5O3/c1-27(2,3)21-11-13-22(14-12-21)33(26(35)23-10-8-16-32(23)19-29)24(20-9-7-15-30-17-20)25(34)31-18-28(4,5)36-6/h7,9,11-15,17,23-24H,8,10,16,18H2,1-6H3,(H,31,34). The van der Waals surface area contributed by atoms with E-state index in [-0.39, 0.29) is 23.8 Å². The van der Waals surface area contributed by atoms with Gasteiger partial charge in [0.1, 0.15) is 12.1 Å². The summed E-state index contributed by atoms with van der Waals surface area (Å²) >= 11 is 0. The van der Waals surface area contributed by atoms with Crippen LogP contribution in [0.4, 0.5) is 5.69 Å². The molecule has 0 bridgehead atoms. The van der Waals surface area contributed by atoms with Crippen LogP contribution in [-0.2, 0) is 19.7 Å². The molecular formula is C28H37N5O3. The van der Waals surface area contributed by atoms with Gasteiger partial charge < -0.3 is 10.1 Å². The third-order valence-electron chi connectivity index (χ3n) is 6.66. The van der Waals surface area contributed by atoms with Crippen molar-refractivity contribution in [3.63, 3.8) is 0 Å². The number of methoxy groups -OCH3 is 1. The van der Waals surface area contributed by atoms with Crippen molar-refractivity contribution in [1.29, 1.82) is 5.26 Å². The monoisotopic (exact) mass is 491 g/mol. The number of carbonyl (C=O) groups excluding carboxylic acids is 2. The first-order valence-corrected chi connectivity index (χ1v) is 12.3. The molecule has 2 heterocycles. The Labute approximate surface area is 214 Å². The molecule has 8 heteroatoms. The van der Waals surface area contributed by atoms with Gasteiger partial charge in [0, 0.05) is 43.8 Å². The van der Waals surface area contributed by atoms with Gasteiger partial charge in [0.05, 0.1) is 5.60 Å². The molecule has 2 aromatic rings. The molecule has 0 spiro atoms. The highest BCUT2D eigenvalue weighted by atomic mass is 16.5. The third kappa shape index (κ3) is 6.21. The lowest BCUT2D eigenvalue weighted by molar-refractivity contribution is -0.128. The maximum absolute atomic E-state index is 14.1. The van der Waals surface area contributed by atoms with Crippen LogP contribution in [0.25, 0.3) is 0 Å². The lowest BCUT2D eigenvalue weighted by atomic mass is 9.87. The molecule has 1 aliphatic heterocycles. The highest BCUT2D eigenvalue weighted by Gasteiger charge is 2.40. The highest BCUT2D eigenvalue weighted by Crippen LogP contribution is 2.33. The molecule has 8 nitrogen and oxygen atoms in total. The van der Waals surface area contributed by atoms with E-state index in [2.05, 4.69) is 37.3 Å². The van der Waals surface area contributed by atoms with Crippen LogP contribution in [0, 0.1) is 11.5 Å². The van der Waals surface area contributed by atoms with E-state index in [0.717, 1.165) is 12.0 Å². The lowest BCUT2D eigenvalue weighted by Gasteiger charge is -2.35. The zero-order chi connectivity index (χ0) is 26.5. The van der Waals surface area contributed by atoms with Crippen molar-refractivity contribution in [1.82, 2.24) is 15.2 Å². The Morgan fingerprint density at radius 3 is 2.47 bits per heavy atom. The number of nitrogens with one attached hydrogen (secondary N) is 1. The van der Waals surface area contributed by atoms with Crippen LogP contribution in [0.5, 0.6) is 0 Å². The number of nitriles is 1. The number of anilines is 1. The Kier molecular flexibility index (Phi) is 8.36. The van der Waals surface area contributed by atoms with Crippen LogP contribution in [0.15, 0.2) is 48.8 Å². The second kappa shape index (κ2) is 11.1. The average molecular weight is 492 g/mol. The number of carbonyl (C=O) groups is 2. The fourth-order valence-electron chi connectivity index (χ4n) is 4.25. The van der Waals surface area contributed by atoms with E-state index in [0.29, 0.717) is 24.2 Å². The number of likely N-dealkylation sites (tertiary alicyclic amines) is 1. The molecule has 1 N–H and O–H groups in total. The van der Waals surface area contributed by atoms with Crippen LogP contribution in [0.3, 0.4) is 0 Å². The zero-order valence-corrected chi connectivity index (χ0v) is 22.1. The normalized spacial score (nSPS) is 16.8. The van der Waals surface area contributed by atoms with Gasteiger partial charge >= 0.3 is 0 Å². The number of amides is 2. The van der Waals surface area contributed by atoms with E-state index in [9.17, 15) is 14.9 Å². The smallest absolute Gasteiger partial charge is 0.251 e. The number of nitrogens with zero attached hydrogens (tertiary/aromatic N) is 4. The van der Waals surface area contributed by atoms with Gasteiger partial charge in [-0.1, -0.05) is 39.0 Å². The van der Waals surface area contributed by atoms with Crippen molar-refractivity contribution in [2.75, 3.05) is 25.1 Å². The number of ether oxygens (including phenoxy) is 1. The van der Waals surface area contributed by atoms with Crippen molar-refractivity contribution in [2.24, 2.45) is 0 Å². The molecule has 2 amide bonds. The van der Waals surface area contributed by atoms with Crippen molar-refractivity contribution < 1.29 is 14.3 Å². The Morgan fingerprint density at radius 1 is 1.22 bits per heavy atom. The van der Waals surface area contributed by atoms with Crippen LogP contribution in [0.2, 0.25) is 0 Å². The van der Waals surface area contributed by atoms with E-state index < -0.39 is 17.7 Å². The summed E-state index contributed by atoms with van der Waals surface area (Å²) in [5.41, 5.74) is 1.64. The van der Waals surface area contributed by atoms with Crippen molar-refractivity contribution in [2.45, 2.75) is 70.6 Å². The second-order valence-electron chi connectivity index (χ2n) is 10.8. The minimum atomic E-state index is -0.972. The first-order valence-electron chi connectivity index (χ1n) is 12.3. The maximum Gasteiger partial charge on any atom is 0.251 e. The predicted octanol–water partition coefficient (Wildman–Crippen LogP) is 3.94. The molecule has 36 heavy (non-hydrogen) atoms. The minimum Gasteiger partial charge on any atom is -0.377 e. The van der Waals surface area contributed by atoms with Crippen LogP contribution in [0.1, 0.15) is 64.6 Å². The van der Waals surface area contributed by atoms with Gasteiger partial charge in [0.2, 0.25) is 5.91 Å². The van der Waals surface area contributed by atoms with Gasteiger partial charge in [-0.15, -0.1) is 0 Å². The minimum absolute atomic E-state index is 0.0672. The fraction of sp³-hybridized carbons (Fsp3) is 0.500. The van der Waals surface area contributed by atoms with Crippen molar-refractivity contribution in [3.05, 3.63) is 59.9 Å². The van der Waals surface area contributed by atoms with Gasteiger partial charge in [-0.25, -0.2) is 0 Å². The van der Waals surface area contributed by atoms with E-state index in [4.69, 9.17) is 4.74 Å². The first-order chi connectivity index (χ1) is 17.0. The molecule has 1 aromatic heterocycles. The topological polar surface area (TPSA) is 98.6 Å². The zero-order valence-electron chi connectivity index (χ0n) is 22.1. The van der Waals surface area contributed by atoms with E-state index in [1.807, 2.05) is 38.1 Å². The van der Waals surface area contributed by atoms with E-state index in [1.54, 1.807) is 31.6 Å². The summed E-state index contributed by atoms with van der Waals surface area (Å²) in [4.78, 5) is 35.1.